The van der Waals surface area contributed by atoms with Gasteiger partial charge < -0.3 is 4.74 Å². The van der Waals surface area contributed by atoms with Crippen molar-refractivity contribution in [2.75, 3.05) is 12.4 Å². The molecule has 0 radical (unpaired) electrons. The highest BCUT2D eigenvalue weighted by Crippen LogP contribution is 2.19. The Kier molecular flexibility index (Phi) is 4.92. The molecule has 3 aromatic rings. The number of aromatic amines is 1. The fraction of sp³-hybridized carbons (Fsp3) is 0.133. The number of H-pyrrole nitrogens is 1. The lowest BCUT2D eigenvalue weighted by molar-refractivity contribution is 0.344. The van der Waals surface area contributed by atoms with E-state index in [2.05, 4.69) is 20.2 Å². The van der Waals surface area contributed by atoms with E-state index >= 15 is 0 Å². The maximum atomic E-state index is 5.82. The first-order valence-corrected chi connectivity index (χ1v) is 8.02. The van der Waals surface area contributed by atoms with Crippen LogP contribution in [0, 0.1) is 0 Å². The van der Waals surface area contributed by atoms with Crippen molar-refractivity contribution in [2.24, 2.45) is 0 Å². The molecule has 2 heterocycles. The van der Waals surface area contributed by atoms with E-state index in [0.29, 0.717) is 22.6 Å². The third-order valence-corrected chi connectivity index (χ3v) is 3.83. The van der Waals surface area contributed by atoms with Crippen molar-refractivity contribution in [3.8, 4) is 17.3 Å². The van der Waals surface area contributed by atoms with Crippen LogP contribution in [-0.2, 0) is 0 Å². The van der Waals surface area contributed by atoms with Gasteiger partial charge in [0.05, 0.1) is 6.61 Å². The number of rotatable bonds is 6. The van der Waals surface area contributed by atoms with Crippen LogP contribution in [0.5, 0.6) is 5.75 Å². The summed E-state index contributed by atoms with van der Waals surface area (Å²) in [7, 11) is 0. The molecule has 0 aliphatic rings. The van der Waals surface area contributed by atoms with Gasteiger partial charge in [-0.3, -0.25) is 10.1 Å². The highest BCUT2D eigenvalue weighted by Gasteiger charge is 2.06. The number of benzene rings is 1. The van der Waals surface area contributed by atoms with E-state index in [9.17, 15) is 0 Å². The van der Waals surface area contributed by atoms with Crippen molar-refractivity contribution in [1.82, 2.24) is 20.2 Å². The predicted octanol–water partition coefficient (Wildman–Crippen LogP) is 3.69. The number of nitrogens with zero attached hydrogens (tertiary/aromatic N) is 3. The van der Waals surface area contributed by atoms with Crippen LogP contribution in [0.1, 0.15) is 0 Å². The Morgan fingerprint density at radius 2 is 2.00 bits per heavy atom. The minimum atomic E-state index is 0.569. The number of nitrogens with one attached hydrogen (secondary N) is 1. The van der Waals surface area contributed by atoms with Gasteiger partial charge in [0, 0.05) is 17.0 Å². The quantitative estimate of drug-likeness (QED) is 0.551. The zero-order chi connectivity index (χ0) is 15.2. The summed E-state index contributed by atoms with van der Waals surface area (Å²) in [6, 6.07) is 13.0. The summed E-state index contributed by atoms with van der Waals surface area (Å²) in [5.74, 6) is 2.22. The topological polar surface area (TPSA) is 63.7 Å². The third kappa shape index (κ3) is 3.99. The maximum Gasteiger partial charge on any atom is 0.208 e. The average molecular weight is 333 g/mol. The molecule has 0 saturated heterocycles. The van der Waals surface area contributed by atoms with Gasteiger partial charge in [0.2, 0.25) is 5.16 Å². The summed E-state index contributed by atoms with van der Waals surface area (Å²) in [5.41, 5.74) is 0.777. The number of thioether (sulfide) groups is 1. The molecule has 0 unspecified atom stereocenters. The monoisotopic (exact) mass is 332 g/mol. The fourth-order valence-electron chi connectivity index (χ4n) is 1.75. The Morgan fingerprint density at radius 1 is 1.14 bits per heavy atom. The minimum Gasteiger partial charge on any atom is -0.493 e. The molecule has 0 aliphatic carbocycles. The molecular weight excluding hydrogens is 320 g/mol. The Morgan fingerprint density at radius 3 is 2.77 bits per heavy atom. The number of pyridine rings is 1. The van der Waals surface area contributed by atoms with Gasteiger partial charge in [-0.25, -0.2) is 0 Å². The van der Waals surface area contributed by atoms with E-state index in [1.807, 2.05) is 30.3 Å². The Balaban J connectivity index is 1.48. The van der Waals surface area contributed by atoms with Crippen molar-refractivity contribution in [3.05, 3.63) is 53.7 Å². The number of hydrogen-bond acceptors (Lipinski definition) is 5. The average Bonchev–Trinajstić information content (AvgIpc) is 3.03. The lowest BCUT2D eigenvalue weighted by Gasteiger charge is -2.04. The van der Waals surface area contributed by atoms with Crippen LogP contribution in [0.15, 0.2) is 53.8 Å². The van der Waals surface area contributed by atoms with E-state index in [1.165, 1.54) is 11.8 Å². The van der Waals surface area contributed by atoms with Crippen molar-refractivity contribution in [3.63, 3.8) is 0 Å². The molecule has 0 fully saturated rings. The van der Waals surface area contributed by atoms with E-state index in [0.717, 1.165) is 17.2 Å². The minimum absolute atomic E-state index is 0.569. The zero-order valence-corrected chi connectivity index (χ0v) is 13.1. The molecule has 1 aromatic carbocycles. The van der Waals surface area contributed by atoms with Crippen LogP contribution in [0.4, 0.5) is 0 Å². The van der Waals surface area contributed by atoms with Crippen LogP contribution >= 0.6 is 23.4 Å². The lowest BCUT2D eigenvalue weighted by atomic mass is 10.3. The Hall–Kier alpha value is -2.05. The van der Waals surface area contributed by atoms with Gasteiger partial charge in [0.1, 0.15) is 11.4 Å². The van der Waals surface area contributed by atoms with E-state index in [-0.39, 0.29) is 0 Å². The molecule has 0 aliphatic heterocycles. The molecule has 5 nitrogen and oxygen atoms in total. The standard InChI is InChI=1S/C15H13ClN4OS/c16-11-4-6-12(7-5-11)21-9-10-22-15-18-14(19-20-15)13-3-1-2-8-17-13/h1-8H,9-10H2,(H,18,19,20). The lowest BCUT2D eigenvalue weighted by Crippen LogP contribution is -2.00. The molecule has 1 N–H and O–H groups in total. The van der Waals surface area contributed by atoms with Gasteiger partial charge in [-0.15, -0.1) is 5.10 Å². The molecule has 0 spiro atoms. The molecule has 7 heteroatoms. The molecule has 22 heavy (non-hydrogen) atoms. The SMILES string of the molecule is Clc1ccc(OCCSc2n[nH]c(-c3ccccn3)n2)cc1. The molecule has 0 saturated carbocycles. The second-order valence-electron chi connectivity index (χ2n) is 4.33. The van der Waals surface area contributed by atoms with Crippen molar-refractivity contribution in [1.29, 1.82) is 0 Å². The van der Waals surface area contributed by atoms with E-state index in [4.69, 9.17) is 16.3 Å². The molecule has 0 atom stereocenters. The normalized spacial score (nSPS) is 10.6. The Labute approximate surface area is 137 Å². The number of hydrogen-bond donors (Lipinski definition) is 1. The molecular formula is C15H13ClN4OS. The van der Waals surface area contributed by atoms with Crippen molar-refractivity contribution < 1.29 is 4.74 Å². The highest BCUT2D eigenvalue weighted by atomic mass is 35.5. The summed E-state index contributed by atoms with van der Waals surface area (Å²) in [6.07, 6.45) is 1.73. The summed E-state index contributed by atoms with van der Waals surface area (Å²) >= 11 is 7.35. The van der Waals surface area contributed by atoms with Crippen molar-refractivity contribution >= 4 is 23.4 Å². The van der Waals surface area contributed by atoms with Crippen LogP contribution < -0.4 is 4.74 Å². The largest absolute Gasteiger partial charge is 0.493 e. The van der Waals surface area contributed by atoms with Gasteiger partial charge in [0.15, 0.2) is 5.82 Å². The summed E-state index contributed by atoms with van der Waals surface area (Å²) < 4.78 is 5.62. The van der Waals surface area contributed by atoms with Crippen LogP contribution in [0.3, 0.4) is 0 Å². The second kappa shape index (κ2) is 7.29. The van der Waals surface area contributed by atoms with Gasteiger partial charge in [-0.1, -0.05) is 29.4 Å². The summed E-state index contributed by atoms with van der Waals surface area (Å²) in [6.45, 7) is 0.569. The molecule has 112 valence electrons. The third-order valence-electron chi connectivity index (χ3n) is 2.77. The fourth-order valence-corrected chi connectivity index (χ4v) is 2.49. The van der Waals surface area contributed by atoms with Gasteiger partial charge in [0.25, 0.3) is 0 Å². The number of halogens is 1. The first-order valence-electron chi connectivity index (χ1n) is 6.66. The summed E-state index contributed by atoms with van der Waals surface area (Å²) in [5, 5.41) is 8.43. The number of aromatic nitrogens is 4. The highest BCUT2D eigenvalue weighted by molar-refractivity contribution is 7.99. The van der Waals surface area contributed by atoms with Gasteiger partial charge >= 0.3 is 0 Å². The van der Waals surface area contributed by atoms with E-state index < -0.39 is 0 Å². The number of ether oxygens (including phenoxy) is 1. The first-order chi connectivity index (χ1) is 10.8. The smallest absolute Gasteiger partial charge is 0.208 e. The predicted molar refractivity (Wildman–Crippen MR) is 87.3 cm³/mol. The molecule has 0 amide bonds. The van der Waals surface area contributed by atoms with Crippen LogP contribution in [0.2, 0.25) is 5.02 Å². The first kappa shape index (κ1) is 14.9. The molecule has 3 rings (SSSR count). The van der Waals surface area contributed by atoms with Crippen LogP contribution in [0.25, 0.3) is 11.5 Å². The Bertz CT molecular complexity index is 718. The van der Waals surface area contributed by atoms with Crippen molar-refractivity contribution in [2.45, 2.75) is 5.16 Å². The second-order valence-corrected chi connectivity index (χ2v) is 5.83. The molecule has 2 aromatic heterocycles. The summed E-state index contributed by atoms with van der Waals surface area (Å²) in [4.78, 5) is 8.62. The maximum absolute atomic E-state index is 5.82. The van der Waals surface area contributed by atoms with Gasteiger partial charge in [-0.2, -0.15) is 4.98 Å². The molecule has 0 bridgehead atoms. The van der Waals surface area contributed by atoms with Gasteiger partial charge in [-0.05, 0) is 36.4 Å². The zero-order valence-electron chi connectivity index (χ0n) is 11.6. The van der Waals surface area contributed by atoms with Crippen LogP contribution in [-0.4, -0.2) is 32.5 Å². The van der Waals surface area contributed by atoms with E-state index in [1.54, 1.807) is 18.3 Å².